The van der Waals surface area contributed by atoms with Crippen LogP contribution in [0.2, 0.25) is 0 Å². The van der Waals surface area contributed by atoms with Crippen molar-refractivity contribution in [2.45, 2.75) is 36.0 Å². The second-order valence-corrected chi connectivity index (χ2v) is 6.67. The van der Waals surface area contributed by atoms with Crippen LogP contribution in [-0.4, -0.2) is 10.8 Å². The minimum Gasteiger partial charge on any atom is -0.300 e. The summed E-state index contributed by atoms with van der Waals surface area (Å²) in [6.45, 7) is 0. The summed E-state index contributed by atoms with van der Waals surface area (Å²) >= 11 is 1.79. The Kier molecular flexibility index (Phi) is 4.71. The number of benzene rings is 1. The highest BCUT2D eigenvalue weighted by atomic mass is 32.2. The molecule has 0 saturated heterocycles. The lowest BCUT2D eigenvalue weighted by molar-refractivity contribution is -0.121. The van der Waals surface area contributed by atoms with Crippen molar-refractivity contribution in [2.75, 3.05) is 0 Å². The molecule has 0 spiro atoms. The molecule has 0 radical (unpaired) electrons. The third kappa shape index (κ3) is 3.73. The summed E-state index contributed by atoms with van der Waals surface area (Å²) in [5.41, 5.74) is 1.30. The standard InChI is InChI=1S/C18H19NOS/c20-16-10-6-9-15(13-16)18(14-7-2-1-3-8-14)21-17-11-4-5-12-19-17/h1-5,7-8,11-12,15,18H,6,9-10,13H2. The van der Waals surface area contributed by atoms with Gasteiger partial charge in [-0.1, -0.05) is 48.2 Å². The zero-order chi connectivity index (χ0) is 14.5. The first-order chi connectivity index (χ1) is 10.3. The van der Waals surface area contributed by atoms with E-state index in [0.717, 1.165) is 24.3 Å². The van der Waals surface area contributed by atoms with Gasteiger partial charge in [0.05, 0.1) is 5.03 Å². The van der Waals surface area contributed by atoms with Crippen molar-refractivity contribution in [3.05, 3.63) is 60.3 Å². The van der Waals surface area contributed by atoms with E-state index >= 15 is 0 Å². The van der Waals surface area contributed by atoms with Gasteiger partial charge >= 0.3 is 0 Å². The normalized spacial score (nSPS) is 20.2. The van der Waals surface area contributed by atoms with E-state index in [1.165, 1.54) is 5.56 Å². The largest absolute Gasteiger partial charge is 0.300 e. The van der Waals surface area contributed by atoms with Crippen molar-refractivity contribution in [3.8, 4) is 0 Å². The van der Waals surface area contributed by atoms with Crippen molar-refractivity contribution >= 4 is 17.5 Å². The Hall–Kier alpha value is -1.61. The molecule has 0 amide bonds. The van der Waals surface area contributed by atoms with Gasteiger partial charge in [-0.3, -0.25) is 4.79 Å². The molecule has 1 aliphatic rings. The highest BCUT2D eigenvalue weighted by Crippen LogP contribution is 2.44. The van der Waals surface area contributed by atoms with Gasteiger partial charge < -0.3 is 0 Å². The number of aromatic nitrogens is 1. The van der Waals surface area contributed by atoms with E-state index in [0.29, 0.717) is 23.4 Å². The van der Waals surface area contributed by atoms with Gasteiger partial charge in [-0.2, -0.15) is 0 Å². The van der Waals surface area contributed by atoms with Gasteiger partial charge in [0.1, 0.15) is 5.78 Å². The lowest BCUT2D eigenvalue weighted by atomic mass is 9.84. The van der Waals surface area contributed by atoms with Crippen LogP contribution in [0.15, 0.2) is 59.8 Å². The van der Waals surface area contributed by atoms with Crippen molar-refractivity contribution < 1.29 is 4.79 Å². The van der Waals surface area contributed by atoms with Crippen molar-refractivity contribution in [1.29, 1.82) is 0 Å². The molecule has 0 aliphatic heterocycles. The molecule has 2 nitrogen and oxygen atoms in total. The fourth-order valence-electron chi connectivity index (χ4n) is 2.94. The number of carbonyl (C=O) groups excluding carboxylic acids is 1. The maximum absolute atomic E-state index is 11.8. The Labute approximate surface area is 130 Å². The number of nitrogens with zero attached hydrogens (tertiary/aromatic N) is 1. The summed E-state index contributed by atoms with van der Waals surface area (Å²) in [5.74, 6) is 0.828. The van der Waals surface area contributed by atoms with E-state index in [9.17, 15) is 4.79 Å². The molecule has 0 N–H and O–H groups in total. The maximum atomic E-state index is 11.8. The number of carbonyl (C=O) groups is 1. The predicted octanol–water partition coefficient (Wildman–Crippen LogP) is 4.67. The molecule has 1 aromatic carbocycles. The number of pyridine rings is 1. The Morgan fingerprint density at radius 1 is 1.10 bits per heavy atom. The van der Waals surface area contributed by atoms with Crippen LogP contribution >= 0.6 is 11.8 Å². The van der Waals surface area contributed by atoms with Crippen LogP contribution in [0, 0.1) is 5.92 Å². The molecule has 2 atom stereocenters. The molecule has 108 valence electrons. The Morgan fingerprint density at radius 3 is 2.62 bits per heavy atom. The monoisotopic (exact) mass is 297 g/mol. The minimum absolute atomic E-state index is 0.311. The van der Waals surface area contributed by atoms with Gasteiger partial charge in [-0.15, -0.1) is 0 Å². The molecule has 1 saturated carbocycles. The molecule has 21 heavy (non-hydrogen) atoms. The van der Waals surface area contributed by atoms with Crippen LogP contribution < -0.4 is 0 Å². The fourth-order valence-corrected chi connectivity index (χ4v) is 4.20. The Bertz CT molecular complexity index is 585. The van der Waals surface area contributed by atoms with E-state index < -0.39 is 0 Å². The molecule has 2 unspecified atom stereocenters. The topological polar surface area (TPSA) is 30.0 Å². The van der Waals surface area contributed by atoms with Crippen LogP contribution in [0.5, 0.6) is 0 Å². The molecule has 3 heteroatoms. The molecule has 1 fully saturated rings. The molecule has 3 rings (SSSR count). The molecule has 1 aromatic heterocycles. The third-order valence-electron chi connectivity index (χ3n) is 3.96. The van der Waals surface area contributed by atoms with Gasteiger partial charge in [0.15, 0.2) is 0 Å². The average molecular weight is 297 g/mol. The fraction of sp³-hybridized carbons (Fsp3) is 0.333. The van der Waals surface area contributed by atoms with Crippen molar-refractivity contribution in [3.63, 3.8) is 0 Å². The van der Waals surface area contributed by atoms with Crippen LogP contribution in [0.25, 0.3) is 0 Å². The quantitative estimate of drug-likeness (QED) is 0.768. The number of hydrogen-bond donors (Lipinski definition) is 0. The first kappa shape index (κ1) is 14.3. The Balaban J connectivity index is 1.85. The van der Waals surface area contributed by atoms with Gasteiger partial charge in [0.25, 0.3) is 0 Å². The van der Waals surface area contributed by atoms with E-state index in [1.807, 2.05) is 30.5 Å². The average Bonchev–Trinajstić information content (AvgIpc) is 2.54. The summed E-state index contributed by atoms with van der Waals surface area (Å²) in [5, 5.41) is 1.34. The highest BCUT2D eigenvalue weighted by Gasteiger charge is 2.29. The SMILES string of the molecule is O=C1CCCC(C(Sc2ccccn2)c2ccccc2)C1. The van der Waals surface area contributed by atoms with Crippen LogP contribution in [-0.2, 0) is 4.79 Å². The second kappa shape index (κ2) is 6.90. The van der Waals surface area contributed by atoms with E-state index in [4.69, 9.17) is 0 Å². The number of ketones is 1. The molecular formula is C18H19NOS. The van der Waals surface area contributed by atoms with E-state index in [-0.39, 0.29) is 0 Å². The zero-order valence-corrected chi connectivity index (χ0v) is 12.8. The van der Waals surface area contributed by atoms with Gasteiger partial charge in [0.2, 0.25) is 0 Å². The molecular weight excluding hydrogens is 278 g/mol. The summed E-state index contributed by atoms with van der Waals surface area (Å²) < 4.78 is 0. The second-order valence-electron chi connectivity index (χ2n) is 5.51. The van der Waals surface area contributed by atoms with Gasteiger partial charge in [-0.05, 0) is 36.5 Å². The first-order valence-corrected chi connectivity index (χ1v) is 8.35. The zero-order valence-electron chi connectivity index (χ0n) is 11.9. The lowest BCUT2D eigenvalue weighted by Gasteiger charge is -2.29. The predicted molar refractivity (Wildman–Crippen MR) is 86.2 cm³/mol. The number of rotatable bonds is 4. The minimum atomic E-state index is 0.311. The molecule has 0 bridgehead atoms. The molecule has 1 aliphatic carbocycles. The van der Waals surface area contributed by atoms with Crippen LogP contribution in [0.4, 0.5) is 0 Å². The molecule has 2 aromatic rings. The summed E-state index contributed by atoms with van der Waals surface area (Å²) in [4.78, 5) is 16.3. The highest BCUT2D eigenvalue weighted by molar-refractivity contribution is 7.99. The van der Waals surface area contributed by atoms with Crippen LogP contribution in [0.3, 0.4) is 0 Å². The number of thioether (sulfide) groups is 1. The molecule has 1 heterocycles. The third-order valence-corrected chi connectivity index (χ3v) is 5.36. The van der Waals surface area contributed by atoms with E-state index in [2.05, 4.69) is 29.2 Å². The van der Waals surface area contributed by atoms with Gasteiger partial charge in [-0.25, -0.2) is 4.98 Å². The maximum Gasteiger partial charge on any atom is 0.133 e. The summed E-state index contributed by atoms with van der Waals surface area (Å²) in [7, 11) is 0. The first-order valence-electron chi connectivity index (χ1n) is 7.47. The summed E-state index contributed by atoms with van der Waals surface area (Å²) in [6.07, 6.45) is 5.45. The number of hydrogen-bond acceptors (Lipinski definition) is 3. The van der Waals surface area contributed by atoms with Crippen LogP contribution in [0.1, 0.15) is 36.5 Å². The lowest BCUT2D eigenvalue weighted by Crippen LogP contribution is -2.20. The van der Waals surface area contributed by atoms with Crippen molar-refractivity contribution in [1.82, 2.24) is 4.98 Å². The smallest absolute Gasteiger partial charge is 0.133 e. The number of Topliss-reactive ketones (excluding diaryl/α,β-unsaturated/α-hetero) is 1. The Morgan fingerprint density at radius 2 is 1.90 bits per heavy atom. The van der Waals surface area contributed by atoms with Crippen molar-refractivity contribution in [2.24, 2.45) is 5.92 Å². The van der Waals surface area contributed by atoms with E-state index in [1.54, 1.807) is 11.8 Å². The van der Waals surface area contributed by atoms with Gasteiger partial charge in [0, 0.05) is 24.3 Å². The summed E-state index contributed by atoms with van der Waals surface area (Å²) in [6, 6.07) is 16.5.